The summed E-state index contributed by atoms with van der Waals surface area (Å²) in [6.45, 7) is 3.39. The highest BCUT2D eigenvalue weighted by atomic mass is 32.2. The van der Waals surface area contributed by atoms with Crippen LogP contribution in [0.4, 0.5) is 5.69 Å². The van der Waals surface area contributed by atoms with Crippen LogP contribution < -0.4 is 5.32 Å². The van der Waals surface area contributed by atoms with Gasteiger partial charge in [-0.05, 0) is 12.5 Å². The van der Waals surface area contributed by atoms with Gasteiger partial charge in [-0.2, -0.15) is 5.10 Å². The average molecular weight is 395 g/mol. The molecule has 0 radical (unpaired) electrons. The van der Waals surface area contributed by atoms with E-state index in [0.29, 0.717) is 11.3 Å². The number of β-lactam (4-membered cyclic amide) rings is 1. The minimum atomic E-state index is -1.16. The van der Waals surface area contributed by atoms with E-state index in [-0.39, 0.29) is 17.9 Å². The molecule has 1 aromatic heterocycles. The van der Waals surface area contributed by atoms with Crippen LogP contribution >= 0.6 is 11.8 Å². The van der Waals surface area contributed by atoms with Crippen LogP contribution in [0, 0.1) is 16.0 Å². The number of amides is 2. The largest absolute Gasteiger partial charge is 0.477 e. The summed E-state index contributed by atoms with van der Waals surface area (Å²) in [7, 11) is 0. The number of fused-ring (bicyclic) bond motifs is 1. The van der Waals surface area contributed by atoms with Gasteiger partial charge in [0.25, 0.3) is 5.91 Å². The number of carbonyl (C=O) groups excluding carboxylic acids is 2. The molecule has 27 heavy (non-hydrogen) atoms. The number of carbonyl (C=O) groups is 3. The van der Waals surface area contributed by atoms with Crippen LogP contribution in [-0.4, -0.2) is 59.7 Å². The second kappa shape index (κ2) is 7.02. The smallest absolute Gasteiger partial charge is 0.352 e. The number of hydrogen-bond acceptors (Lipinski definition) is 7. The molecule has 3 atom stereocenters. The number of rotatable bonds is 6. The van der Waals surface area contributed by atoms with E-state index in [1.807, 2.05) is 0 Å². The Morgan fingerprint density at radius 1 is 1.56 bits per heavy atom. The van der Waals surface area contributed by atoms with Crippen molar-refractivity contribution in [1.29, 1.82) is 0 Å². The second-order valence-electron chi connectivity index (χ2n) is 6.41. The van der Waals surface area contributed by atoms with Gasteiger partial charge < -0.3 is 10.4 Å². The summed E-state index contributed by atoms with van der Waals surface area (Å²) in [5, 5.41) is 26.0. The van der Waals surface area contributed by atoms with Crippen molar-refractivity contribution in [2.45, 2.75) is 31.8 Å². The Morgan fingerprint density at radius 2 is 2.26 bits per heavy atom. The first-order valence-electron chi connectivity index (χ1n) is 8.05. The number of nitrogens with one attached hydrogen (secondary N) is 1. The van der Waals surface area contributed by atoms with Gasteiger partial charge in [0, 0.05) is 5.75 Å². The van der Waals surface area contributed by atoms with E-state index in [1.165, 1.54) is 27.5 Å². The maximum Gasteiger partial charge on any atom is 0.352 e. The van der Waals surface area contributed by atoms with Gasteiger partial charge in [-0.15, -0.1) is 11.8 Å². The zero-order valence-electron chi connectivity index (χ0n) is 14.5. The number of carboxylic acids is 1. The van der Waals surface area contributed by atoms with E-state index >= 15 is 0 Å². The Bertz CT molecular complexity index is 865. The molecule has 0 bridgehead atoms. The predicted molar refractivity (Wildman–Crippen MR) is 93.4 cm³/mol. The summed E-state index contributed by atoms with van der Waals surface area (Å²) in [5.74, 6) is -2.15. The fourth-order valence-corrected chi connectivity index (χ4v) is 4.27. The SMILES string of the molecule is CC1=C(C(=O)O)N2C(=O)[C@H](NC(=O)[C@@H](C)Cn3cc([N+](=O)[O-])cn3)[C@@H]2SC1. The summed E-state index contributed by atoms with van der Waals surface area (Å²) in [4.78, 5) is 47.4. The van der Waals surface area contributed by atoms with E-state index in [0.717, 1.165) is 6.20 Å². The summed E-state index contributed by atoms with van der Waals surface area (Å²) in [6.07, 6.45) is 2.32. The van der Waals surface area contributed by atoms with Gasteiger partial charge in [-0.25, -0.2) is 4.79 Å². The molecule has 1 aromatic rings. The third-order valence-electron chi connectivity index (χ3n) is 4.40. The number of thioether (sulfide) groups is 1. The van der Waals surface area contributed by atoms with Crippen LogP contribution in [-0.2, 0) is 20.9 Å². The molecule has 0 aliphatic carbocycles. The predicted octanol–water partition coefficient (Wildman–Crippen LogP) is 0.186. The first-order valence-corrected chi connectivity index (χ1v) is 9.10. The summed E-state index contributed by atoms with van der Waals surface area (Å²) in [6, 6.07) is -0.792. The molecule has 3 heterocycles. The molecule has 2 amide bonds. The highest BCUT2D eigenvalue weighted by Crippen LogP contribution is 2.40. The maximum atomic E-state index is 12.4. The maximum absolute atomic E-state index is 12.4. The van der Waals surface area contributed by atoms with Crippen molar-refractivity contribution in [3.05, 3.63) is 33.8 Å². The zero-order chi connectivity index (χ0) is 19.9. The lowest BCUT2D eigenvalue weighted by atomic mass is 10.0. The average Bonchev–Trinajstić information content (AvgIpc) is 3.07. The quantitative estimate of drug-likeness (QED) is 0.394. The molecule has 0 saturated carbocycles. The van der Waals surface area contributed by atoms with Crippen LogP contribution in [0.1, 0.15) is 13.8 Å². The lowest BCUT2D eigenvalue weighted by Crippen LogP contribution is -2.70. The Balaban J connectivity index is 1.62. The molecule has 0 spiro atoms. The van der Waals surface area contributed by atoms with Crippen LogP contribution in [0.3, 0.4) is 0 Å². The molecule has 2 aliphatic rings. The molecule has 12 heteroatoms. The Morgan fingerprint density at radius 3 is 2.85 bits per heavy atom. The molecule has 144 valence electrons. The van der Waals surface area contributed by atoms with Crippen molar-refractivity contribution < 1.29 is 24.4 Å². The Hall–Kier alpha value is -2.89. The number of hydrogen-bond donors (Lipinski definition) is 2. The third-order valence-corrected chi connectivity index (χ3v) is 5.82. The van der Waals surface area contributed by atoms with Crippen molar-refractivity contribution >= 4 is 35.2 Å². The molecule has 1 fully saturated rings. The first kappa shape index (κ1) is 18.9. The highest BCUT2D eigenvalue weighted by Gasteiger charge is 2.53. The Kier molecular flexibility index (Phi) is 4.91. The van der Waals surface area contributed by atoms with Gasteiger partial charge in [0.1, 0.15) is 29.5 Å². The van der Waals surface area contributed by atoms with Gasteiger partial charge in [0.2, 0.25) is 5.91 Å². The summed E-state index contributed by atoms with van der Waals surface area (Å²) < 4.78 is 1.29. The molecule has 11 nitrogen and oxygen atoms in total. The van der Waals surface area contributed by atoms with E-state index in [9.17, 15) is 29.6 Å². The molecule has 2 aliphatic heterocycles. The minimum absolute atomic E-state index is 0.0221. The van der Waals surface area contributed by atoms with Gasteiger partial charge in [0.15, 0.2) is 0 Å². The fourth-order valence-electron chi connectivity index (χ4n) is 2.98. The molecule has 0 aromatic carbocycles. The monoisotopic (exact) mass is 395 g/mol. The third kappa shape index (κ3) is 3.39. The standard InChI is InChI=1S/C15H17N5O6S/c1-7(4-18-5-9(3-16-18)20(25)26)12(21)17-10-13(22)19-11(15(23)24)8(2)6-27-14(10)19/h3,5,7,10,14H,4,6H2,1-2H3,(H,17,21)(H,23,24)/t7-,10-,14-/m0/s1. The van der Waals surface area contributed by atoms with Gasteiger partial charge in [-0.3, -0.25) is 29.3 Å². The normalized spacial score (nSPS) is 22.7. The first-order chi connectivity index (χ1) is 12.7. The number of nitrogens with zero attached hydrogens (tertiary/aromatic N) is 4. The van der Waals surface area contributed by atoms with E-state index in [1.54, 1.807) is 13.8 Å². The zero-order valence-corrected chi connectivity index (χ0v) is 15.3. The molecular formula is C15H17N5O6S. The van der Waals surface area contributed by atoms with Crippen molar-refractivity contribution in [1.82, 2.24) is 20.0 Å². The molecule has 3 rings (SSSR count). The fraction of sp³-hybridized carbons (Fsp3) is 0.467. The van der Waals surface area contributed by atoms with Gasteiger partial charge in [0.05, 0.1) is 17.4 Å². The molecule has 1 saturated heterocycles. The van der Waals surface area contributed by atoms with Crippen LogP contribution in [0.25, 0.3) is 0 Å². The minimum Gasteiger partial charge on any atom is -0.477 e. The van der Waals surface area contributed by atoms with Gasteiger partial charge in [-0.1, -0.05) is 6.92 Å². The van der Waals surface area contributed by atoms with Crippen molar-refractivity contribution in [2.75, 3.05) is 5.75 Å². The highest BCUT2D eigenvalue weighted by molar-refractivity contribution is 8.00. The summed E-state index contributed by atoms with van der Waals surface area (Å²) in [5.41, 5.74) is 0.413. The van der Waals surface area contributed by atoms with Crippen LogP contribution in [0.2, 0.25) is 0 Å². The van der Waals surface area contributed by atoms with Crippen molar-refractivity contribution in [2.24, 2.45) is 5.92 Å². The van der Waals surface area contributed by atoms with E-state index in [4.69, 9.17) is 0 Å². The topological polar surface area (TPSA) is 148 Å². The number of aliphatic carboxylic acids is 1. The Labute approximate surface area is 157 Å². The van der Waals surface area contributed by atoms with E-state index in [2.05, 4.69) is 10.4 Å². The number of aromatic nitrogens is 2. The molecule has 0 unspecified atom stereocenters. The van der Waals surface area contributed by atoms with Crippen molar-refractivity contribution in [3.8, 4) is 0 Å². The number of nitro groups is 1. The lowest BCUT2D eigenvalue weighted by molar-refractivity contribution is -0.385. The molecular weight excluding hydrogens is 378 g/mol. The van der Waals surface area contributed by atoms with Crippen LogP contribution in [0.5, 0.6) is 0 Å². The van der Waals surface area contributed by atoms with Gasteiger partial charge >= 0.3 is 11.7 Å². The second-order valence-corrected chi connectivity index (χ2v) is 7.51. The number of carboxylic acid groups (broad SMARTS) is 1. The van der Waals surface area contributed by atoms with E-state index < -0.39 is 40.0 Å². The van der Waals surface area contributed by atoms with Crippen LogP contribution in [0.15, 0.2) is 23.7 Å². The van der Waals surface area contributed by atoms with Crippen molar-refractivity contribution in [3.63, 3.8) is 0 Å². The lowest BCUT2D eigenvalue weighted by Gasteiger charge is -2.49. The molecule has 2 N–H and O–H groups in total. The summed E-state index contributed by atoms with van der Waals surface area (Å²) >= 11 is 1.39.